The zero-order valence-corrected chi connectivity index (χ0v) is 15.4. The molecule has 0 fully saturated rings. The number of rotatable bonds is 6. The first-order valence-corrected chi connectivity index (χ1v) is 9.30. The number of thiophene rings is 1. The second kappa shape index (κ2) is 7.88. The molecule has 0 unspecified atom stereocenters. The normalized spacial score (nSPS) is 13.0. The summed E-state index contributed by atoms with van der Waals surface area (Å²) < 4.78 is 5.40. The topological polar surface area (TPSA) is 98.5 Å². The van der Waals surface area contributed by atoms with Gasteiger partial charge >= 0.3 is 0 Å². The van der Waals surface area contributed by atoms with Crippen LogP contribution in [-0.2, 0) is 17.6 Å². The van der Waals surface area contributed by atoms with E-state index in [1.165, 1.54) is 23.5 Å². The SMILES string of the molecule is NC(=O)c1c(NC(=O)COc2ccc(C=O)cc2Cl)sc2c1CCCC2. The number of carbonyl (C=O) groups excluding carboxylic acids is 3. The predicted octanol–water partition coefficient (Wildman–Crippen LogP) is 3.21. The fourth-order valence-electron chi connectivity index (χ4n) is 2.93. The smallest absolute Gasteiger partial charge is 0.262 e. The summed E-state index contributed by atoms with van der Waals surface area (Å²) in [6.07, 6.45) is 4.44. The zero-order valence-electron chi connectivity index (χ0n) is 13.8. The molecule has 1 aliphatic rings. The summed E-state index contributed by atoms with van der Waals surface area (Å²) in [5.74, 6) is -0.650. The highest BCUT2D eigenvalue weighted by Crippen LogP contribution is 2.37. The minimum atomic E-state index is -0.534. The first kappa shape index (κ1) is 18.4. The lowest BCUT2D eigenvalue weighted by molar-refractivity contribution is -0.118. The first-order valence-electron chi connectivity index (χ1n) is 8.11. The number of primary amides is 1. The maximum atomic E-state index is 12.2. The van der Waals surface area contributed by atoms with E-state index in [0.717, 1.165) is 36.1 Å². The number of carbonyl (C=O) groups is 3. The Morgan fingerprint density at radius 1 is 1.31 bits per heavy atom. The monoisotopic (exact) mass is 392 g/mol. The summed E-state index contributed by atoms with van der Waals surface area (Å²) in [6.45, 7) is -0.277. The fourth-order valence-corrected chi connectivity index (χ4v) is 4.48. The standard InChI is InChI=1S/C18H17ClN2O4S/c19-12-7-10(8-22)5-6-13(12)25-9-15(23)21-18-16(17(20)24)11-3-1-2-4-14(11)26-18/h5-8H,1-4,9H2,(H2,20,24)(H,21,23). The molecule has 0 bridgehead atoms. The maximum Gasteiger partial charge on any atom is 0.262 e. The number of amides is 2. The minimum absolute atomic E-state index is 0.242. The number of hydrogen-bond acceptors (Lipinski definition) is 5. The number of benzene rings is 1. The van der Waals surface area contributed by atoms with Gasteiger partial charge in [0, 0.05) is 10.4 Å². The van der Waals surface area contributed by atoms with Crippen molar-refractivity contribution in [3.05, 3.63) is 44.8 Å². The number of aryl methyl sites for hydroxylation is 1. The van der Waals surface area contributed by atoms with Crippen LogP contribution in [0.1, 0.15) is 44.0 Å². The van der Waals surface area contributed by atoms with Crippen LogP contribution in [0.4, 0.5) is 5.00 Å². The largest absolute Gasteiger partial charge is 0.482 e. The Morgan fingerprint density at radius 2 is 2.08 bits per heavy atom. The van der Waals surface area contributed by atoms with Gasteiger partial charge in [0.15, 0.2) is 6.61 Å². The number of nitrogens with two attached hydrogens (primary N) is 1. The van der Waals surface area contributed by atoms with Crippen molar-refractivity contribution in [2.75, 3.05) is 11.9 Å². The molecule has 26 heavy (non-hydrogen) atoms. The van der Waals surface area contributed by atoms with E-state index in [-0.39, 0.29) is 11.6 Å². The number of ether oxygens (including phenoxy) is 1. The molecular weight excluding hydrogens is 376 g/mol. The molecule has 8 heteroatoms. The second-order valence-electron chi connectivity index (χ2n) is 5.92. The highest BCUT2D eigenvalue weighted by atomic mass is 35.5. The number of nitrogens with one attached hydrogen (secondary N) is 1. The molecular formula is C18H17ClN2O4S. The molecule has 3 rings (SSSR count). The lowest BCUT2D eigenvalue weighted by Gasteiger charge is -2.11. The molecule has 0 atom stereocenters. The number of aldehydes is 1. The van der Waals surface area contributed by atoms with Gasteiger partial charge in [0.2, 0.25) is 0 Å². The molecule has 3 N–H and O–H groups in total. The molecule has 1 heterocycles. The van der Waals surface area contributed by atoms with Crippen molar-refractivity contribution in [3.63, 3.8) is 0 Å². The third-order valence-corrected chi connectivity index (χ3v) is 5.62. The maximum absolute atomic E-state index is 12.2. The van der Waals surface area contributed by atoms with Crippen LogP contribution < -0.4 is 15.8 Å². The molecule has 0 saturated carbocycles. The Bertz CT molecular complexity index is 878. The van der Waals surface area contributed by atoms with Crippen LogP contribution in [0.2, 0.25) is 5.02 Å². The Labute approximate surface area is 159 Å². The van der Waals surface area contributed by atoms with Gasteiger partial charge in [-0.3, -0.25) is 14.4 Å². The number of anilines is 1. The minimum Gasteiger partial charge on any atom is -0.482 e. The summed E-state index contributed by atoms with van der Waals surface area (Å²) in [5.41, 5.74) is 7.29. The van der Waals surface area contributed by atoms with E-state index in [1.807, 2.05) is 0 Å². The van der Waals surface area contributed by atoms with E-state index >= 15 is 0 Å². The van der Waals surface area contributed by atoms with E-state index in [9.17, 15) is 14.4 Å². The van der Waals surface area contributed by atoms with Gasteiger partial charge in [0.1, 0.15) is 17.0 Å². The molecule has 0 spiro atoms. The van der Waals surface area contributed by atoms with Crippen molar-refractivity contribution in [1.29, 1.82) is 0 Å². The van der Waals surface area contributed by atoms with Gasteiger partial charge in [-0.25, -0.2) is 0 Å². The summed E-state index contributed by atoms with van der Waals surface area (Å²) in [7, 11) is 0. The van der Waals surface area contributed by atoms with E-state index in [4.69, 9.17) is 22.1 Å². The van der Waals surface area contributed by atoms with Crippen LogP contribution in [0.15, 0.2) is 18.2 Å². The number of halogens is 1. The molecule has 0 radical (unpaired) electrons. The van der Waals surface area contributed by atoms with E-state index in [2.05, 4.69) is 5.32 Å². The van der Waals surface area contributed by atoms with Crippen LogP contribution in [0, 0.1) is 0 Å². The van der Waals surface area contributed by atoms with E-state index < -0.39 is 11.8 Å². The highest BCUT2D eigenvalue weighted by molar-refractivity contribution is 7.17. The van der Waals surface area contributed by atoms with Gasteiger partial charge in [-0.05, 0) is 49.4 Å². The number of fused-ring (bicyclic) bond motifs is 1. The average Bonchev–Trinajstić information content (AvgIpc) is 2.98. The molecule has 1 aromatic heterocycles. The van der Waals surface area contributed by atoms with Crippen molar-refractivity contribution in [2.45, 2.75) is 25.7 Å². The van der Waals surface area contributed by atoms with Crippen LogP contribution in [0.25, 0.3) is 0 Å². The fraction of sp³-hybridized carbons (Fsp3) is 0.278. The Hall–Kier alpha value is -2.38. The molecule has 1 aliphatic carbocycles. The molecule has 2 aromatic rings. The van der Waals surface area contributed by atoms with Gasteiger partial charge in [-0.15, -0.1) is 11.3 Å². The molecule has 136 valence electrons. The summed E-state index contributed by atoms with van der Waals surface area (Å²) >= 11 is 7.41. The van der Waals surface area contributed by atoms with Crippen LogP contribution >= 0.6 is 22.9 Å². The van der Waals surface area contributed by atoms with Crippen molar-refractivity contribution in [2.24, 2.45) is 5.73 Å². The number of hydrogen-bond donors (Lipinski definition) is 2. The summed E-state index contributed by atoms with van der Waals surface area (Å²) in [4.78, 5) is 35.9. The Morgan fingerprint density at radius 3 is 2.77 bits per heavy atom. The average molecular weight is 393 g/mol. The van der Waals surface area contributed by atoms with Gasteiger partial charge in [-0.1, -0.05) is 11.6 Å². The molecule has 0 aliphatic heterocycles. The third-order valence-electron chi connectivity index (χ3n) is 4.12. The first-order chi connectivity index (χ1) is 12.5. The summed E-state index contributed by atoms with van der Waals surface area (Å²) in [6, 6.07) is 4.53. The predicted molar refractivity (Wildman–Crippen MR) is 100 cm³/mol. The van der Waals surface area contributed by atoms with Gasteiger partial charge in [0.25, 0.3) is 11.8 Å². The molecule has 2 amide bonds. The van der Waals surface area contributed by atoms with Crippen molar-refractivity contribution in [3.8, 4) is 5.75 Å². The quantitative estimate of drug-likeness (QED) is 0.737. The lowest BCUT2D eigenvalue weighted by atomic mass is 9.95. The van der Waals surface area contributed by atoms with Crippen LogP contribution in [0.5, 0.6) is 5.75 Å². The van der Waals surface area contributed by atoms with Gasteiger partial charge < -0.3 is 15.8 Å². The van der Waals surface area contributed by atoms with Crippen molar-refractivity contribution < 1.29 is 19.1 Å². The summed E-state index contributed by atoms with van der Waals surface area (Å²) in [5, 5.41) is 3.43. The Balaban J connectivity index is 1.70. The van der Waals surface area contributed by atoms with E-state index in [0.29, 0.717) is 28.2 Å². The van der Waals surface area contributed by atoms with Gasteiger partial charge in [0.05, 0.1) is 10.6 Å². The zero-order chi connectivity index (χ0) is 18.7. The lowest BCUT2D eigenvalue weighted by Crippen LogP contribution is -2.22. The van der Waals surface area contributed by atoms with E-state index in [1.54, 1.807) is 6.07 Å². The molecule has 6 nitrogen and oxygen atoms in total. The van der Waals surface area contributed by atoms with Crippen LogP contribution in [0.3, 0.4) is 0 Å². The molecule has 1 aromatic carbocycles. The van der Waals surface area contributed by atoms with Gasteiger partial charge in [-0.2, -0.15) is 0 Å². The van der Waals surface area contributed by atoms with Crippen LogP contribution in [-0.4, -0.2) is 24.7 Å². The second-order valence-corrected chi connectivity index (χ2v) is 7.44. The Kier molecular flexibility index (Phi) is 5.58. The highest BCUT2D eigenvalue weighted by Gasteiger charge is 2.25. The van der Waals surface area contributed by atoms with Crippen molar-refractivity contribution in [1.82, 2.24) is 0 Å². The molecule has 0 saturated heterocycles. The third kappa shape index (κ3) is 3.89. The van der Waals surface area contributed by atoms with Crippen molar-refractivity contribution >= 4 is 46.0 Å².